The Hall–Kier alpha value is -2.43. The van der Waals surface area contributed by atoms with Crippen LogP contribution >= 0.6 is 0 Å². The first kappa shape index (κ1) is 33.9. The average molecular weight is 632 g/mol. The first-order valence-electron chi connectivity index (χ1n) is 16.8. The molecule has 0 aromatic heterocycles. The van der Waals surface area contributed by atoms with Crippen molar-refractivity contribution in [1.82, 2.24) is 15.1 Å². The third kappa shape index (κ3) is 6.31. The number of likely N-dealkylation sites (tertiary alicyclic amines) is 2. The summed E-state index contributed by atoms with van der Waals surface area (Å²) in [5.41, 5.74) is -1.22. The molecule has 3 amide bonds. The Balaban J connectivity index is 1.56. The molecule has 250 valence electrons. The molecule has 1 aliphatic carbocycles. The van der Waals surface area contributed by atoms with Crippen molar-refractivity contribution < 1.29 is 32.4 Å². The fourth-order valence-electron chi connectivity index (χ4n) is 8.61. The van der Waals surface area contributed by atoms with E-state index in [2.05, 4.69) is 44.8 Å². The molecule has 1 saturated carbocycles. The fraction of sp³-hybridized carbons (Fsp3) is 0.743. The number of nitrogens with one attached hydrogen (secondary N) is 1. The Morgan fingerprint density at radius 1 is 1.07 bits per heavy atom. The van der Waals surface area contributed by atoms with E-state index in [1.165, 1.54) is 12.1 Å². The lowest BCUT2D eigenvalue weighted by Gasteiger charge is -2.44. The van der Waals surface area contributed by atoms with Crippen LogP contribution in [0, 0.1) is 17.0 Å². The summed E-state index contributed by atoms with van der Waals surface area (Å²) in [6.07, 6.45) is 5.34. The quantitative estimate of drug-likeness (QED) is 0.467. The molecule has 1 N–H and O–H groups in total. The number of carbonyl (C=O) groups excluding carboxylic acids is 3. The number of likely N-dealkylation sites (N-methyl/N-ethyl adjacent to an activating group) is 2. The predicted octanol–water partition coefficient (Wildman–Crippen LogP) is 4.54. The van der Waals surface area contributed by atoms with E-state index in [-0.39, 0.29) is 63.9 Å². The van der Waals surface area contributed by atoms with Gasteiger partial charge in [-0.1, -0.05) is 19.9 Å². The number of nitrogens with zero attached hydrogens (tertiary/aromatic N) is 3. The normalized spacial score (nSPS) is 32.5. The van der Waals surface area contributed by atoms with Crippen molar-refractivity contribution in [1.29, 1.82) is 0 Å². The lowest BCUT2D eigenvalue weighted by Crippen LogP contribution is -2.65. The molecule has 0 bridgehead atoms. The van der Waals surface area contributed by atoms with Gasteiger partial charge in [-0.05, 0) is 77.2 Å². The van der Waals surface area contributed by atoms with Gasteiger partial charge in [0.1, 0.15) is 29.7 Å². The van der Waals surface area contributed by atoms with Gasteiger partial charge in [-0.3, -0.25) is 19.0 Å². The van der Waals surface area contributed by atoms with Gasteiger partial charge in [0.25, 0.3) is 11.8 Å². The monoisotopic (exact) mass is 631 g/mol. The van der Waals surface area contributed by atoms with E-state index in [9.17, 15) is 14.0 Å². The van der Waals surface area contributed by atoms with E-state index in [0.717, 1.165) is 38.2 Å². The largest absolute Gasteiger partial charge is 0.368 e. The summed E-state index contributed by atoms with van der Waals surface area (Å²) in [5.74, 6) is -2.03. The van der Waals surface area contributed by atoms with Crippen molar-refractivity contribution in [2.75, 3.05) is 40.3 Å². The predicted molar refractivity (Wildman–Crippen MR) is 168 cm³/mol. The van der Waals surface area contributed by atoms with Crippen molar-refractivity contribution >= 4 is 17.7 Å². The van der Waals surface area contributed by atoms with Gasteiger partial charge in [0.05, 0.1) is 13.1 Å². The molecule has 5 rings (SSSR count). The Bertz CT molecular complexity index is 1300. The Kier molecular flexibility index (Phi) is 9.27. The van der Waals surface area contributed by atoms with Crippen LogP contribution in [0.1, 0.15) is 91.5 Å². The van der Waals surface area contributed by atoms with Gasteiger partial charge in [-0.25, -0.2) is 13.6 Å². The number of amides is 3. The SMILES string of the molecule is CNC(=O)[C@@H]1C[C@H](N(C(=O)[C@@H]2CCCO2)C2CCC(C)(C)CC2)C[N+]1(C)C(=O)[C@]1(c2ccc(F)cc2F)CCN(C(C)(C)C)C1. The first-order valence-corrected chi connectivity index (χ1v) is 16.8. The summed E-state index contributed by atoms with van der Waals surface area (Å²) in [5, 5.41) is 2.78. The first-order chi connectivity index (χ1) is 21.0. The minimum Gasteiger partial charge on any atom is -0.368 e. The second-order valence-electron chi connectivity index (χ2n) is 16.0. The van der Waals surface area contributed by atoms with Crippen molar-refractivity contribution in [3.63, 3.8) is 0 Å². The van der Waals surface area contributed by atoms with Crippen LogP contribution in [0.5, 0.6) is 0 Å². The third-order valence-corrected chi connectivity index (χ3v) is 11.4. The maximum Gasteiger partial charge on any atom is 0.326 e. The molecule has 0 radical (unpaired) electrons. The molecule has 3 aliphatic heterocycles. The van der Waals surface area contributed by atoms with Gasteiger partial charge in [0.15, 0.2) is 6.04 Å². The molecule has 1 aromatic rings. The number of hydrogen-bond donors (Lipinski definition) is 1. The van der Waals surface area contributed by atoms with Crippen LogP contribution < -0.4 is 5.32 Å². The lowest BCUT2D eigenvalue weighted by atomic mass is 9.75. The maximum absolute atomic E-state index is 15.7. The van der Waals surface area contributed by atoms with Gasteiger partial charge in [-0.2, -0.15) is 0 Å². The van der Waals surface area contributed by atoms with Gasteiger partial charge in [0.2, 0.25) is 0 Å². The second-order valence-corrected chi connectivity index (χ2v) is 16.0. The molecule has 3 saturated heterocycles. The van der Waals surface area contributed by atoms with Crippen LogP contribution in [-0.4, -0.2) is 102 Å². The Labute approximate surface area is 267 Å². The minimum absolute atomic E-state index is 0.00178. The summed E-state index contributed by atoms with van der Waals surface area (Å²) in [4.78, 5) is 47.3. The molecule has 4 fully saturated rings. The third-order valence-electron chi connectivity index (χ3n) is 11.4. The second kappa shape index (κ2) is 12.3. The highest BCUT2D eigenvalue weighted by atomic mass is 19.1. The smallest absolute Gasteiger partial charge is 0.326 e. The van der Waals surface area contributed by atoms with Crippen molar-refractivity contribution in [2.24, 2.45) is 5.41 Å². The molecule has 3 heterocycles. The number of quaternary nitrogens is 1. The molecule has 5 atom stereocenters. The number of rotatable bonds is 6. The van der Waals surface area contributed by atoms with E-state index in [1.807, 2.05) is 4.90 Å². The van der Waals surface area contributed by atoms with Crippen molar-refractivity contribution in [3.8, 4) is 0 Å². The van der Waals surface area contributed by atoms with Crippen LogP contribution in [-0.2, 0) is 24.5 Å². The molecule has 1 aromatic carbocycles. The summed E-state index contributed by atoms with van der Waals surface area (Å²) >= 11 is 0. The summed E-state index contributed by atoms with van der Waals surface area (Å²) in [7, 11) is 3.35. The molecule has 4 aliphatic rings. The highest BCUT2D eigenvalue weighted by Gasteiger charge is 2.63. The van der Waals surface area contributed by atoms with Crippen LogP contribution in [0.15, 0.2) is 18.2 Å². The summed E-state index contributed by atoms with van der Waals surface area (Å²) in [6.45, 7) is 12.3. The van der Waals surface area contributed by atoms with Gasteiger partial charge in [-0.15, -0.1) is 0 Å². The van der Waals surface area contributed by atoms with Crippen molar-refractivity contribution in [3.05, 3.63) is 35.4 Å². The number of halogens is 2. The van der Waals surface area contributed by atoms with Gasteiger partial charge < -0.3 is 15.0 Å². The Morgan fingerprint density at radius 3 is 2.31 bits per heavy atom. The molecular weight excluding hydrogens is 578 g/mol. The van der Waals surface area contributed by atoms with E-state index >= 15 is 9.18 Å². The van der Waals surface area contributed by atoms with E-state index in [1.54, 1.807) is 14.1 Å². The van der Waals surface area contributed by atoms with Crippen LogP contribution in [0.3, 0.4) is 0 Å². The fourth-order valence-corrected chi connectivity index (χ4v) is 8.61. The lowest BCUT2D eigenvalue weighted by molar-refractivity contribution is -0.840. The zero-order valence-corrected chi connectivity index (χ0v) is 28.3. The number of carbonyl (C=O) groups is 3. The van der Waals surface area contributed by atoms with E-state index < -0.39 is 29.2 Å². The van der Waals surface area contributed by atoms with Crippen molar-refractivity contribution in [2.45, 2.75) is 121 Å². The minimum atomic E-state index is -1.29. The highest BCUT2D eigenvalue weighted by Crippen LogP contribution is 2.46. The standard InChI is InChI=1S/C35H52F2N4O4/c1-33(2,3)39-17-16-35(22-39,26-11-10-23(36)19-27(26)37)32(44)41(7)21-25(20-28(41)30(42)38-6)40(31(43)29-9-8-18-45-29)24-12-14-34(4,5)15-13-24/h10-11,19,24-25,28-29H,8-9,12-18,20-22H2,1-7H3/p+1/t25-,28-,29-,35+,41?/m0/s1. The van der Waals surface area contributed by atoms with Crippen LogP contribution in [0.25, 0.3) is 0 Å². The van der Waals surface area contributed by atoms with Gasteiger partial charge >= 0.3 is 5.91 Å². The summed E-state index contributed by atoms with van der Waals surface area (Å²) < 4.78 is 35.5. The van der Waals surface area contributed by atoms with E-state index in [4.69, 9.17) is 4.74 Å². The van der Waals surface area contributed by atoms with Gasteiger partial charge in [0, 0.05) is 56.4 Å². The van der Waals surface area contributed by atoms with E-state index in [0.29, 0.717) is 32.4 Å². The molecule has 45 heavy (non-hydrogen) atoms. The zero-order valence-electron chi connectivity index (χ0n) is 28.3. The zero-order chi connectivity index (χ0) is 32.9. The summed E-state index contributed by atoms with van der Waals surface area (Å²) in [6, 6.07) is 2.33. The van der Waals surface area contributed by atoms with Crippen LogP contribution in [0.2, 0.25) is 0 Å². The molecular formula is C35H53F2N4O4+. The molecule has 1 unspecified atom stereocenters. The molecule has 0 spiro atoms. The number of ether oxygens (including phenoxy) is 1. The number of hydrogen-bond acceptors (Lipinski definition) is 5. The average Bonchev–Trinajstić information content (AvgIpc) is 3.73. The topological polar surface area (TPSA) is 79.0 Å². The number of benzene rings is 1. The Morgan fingerprint density at radius 2 is 1.76 bits per heavy atom. The molecule has 10 heteroatoms. The molecule has 8 nitrogen and oxygen atoms in total. The highest BCUT2D eigenvalue weighted by molar-refractivity contribution is 5.89. The maximum atomic E-state index is 15.7. The van der Waals surface area contributed by atoms with Crippen LogP contribution in [0.4, 0.5) is 8.78 Å².